The van der Waals surface area contributed by atoms with Crippen molar-refractivity contribution in [1.29, 1.82) is 0 Å². The molecule has 0 atom stereocenters. The van der Waals surface area contributed by atoms with E-state index in [0.717, 1.165) is 10.6 Å². The Morgan fingerprint density at radius 2 is 1.84 bits per heavy atom. The largest absolute Gasteiger partial charge is 0.398 e. The maximum atomic E-state index is 10.8. The number of thioether (sulfide) groups is 1. The molecule has 3 N–H and O–H groups in total. The topological polar surface area (TPSA) is 81.2 Å². The van der Waals surface area contributed by atoms with E-state index in [0.29, 0.717) is 11.4 Å². The van der Waals surface area contributed by atoms with Gasteiger partial charge in [-0.05, 0) is 36.6 Å². The molecule has 0 heterocycles. The summed E-state index contributed by atoms with van der Waals surface area (Å²) in [6.45, 7) is 0. The summed E-state index contributed by atoms with van der Waals surface area (Å²) in [4.78, 5) is 11.5. The SMILES string of the molecule is CSc1ccc(Nc2cc(N)cc([N+](=O)[O-])c2)cc1. The van der Waals surface area contributed by atoms with Gasteiger partial charge in [0.15, 0.2) is 0 Å². The normalized spacial score (nSPS) is 10.2. The monoisotopic (exact) mass is 275 g/mol. The van der Waals surface area contributed by atoms with Gasteiger partial charge in [0.1, 0.15) is 0 Å². The molecule has 0 unspecified atom stereocenters. The highest BCUT2D eigenvalue weighted by Crippen LogP contribution is 2.26. The van der Waals surface area contributed by atoms with Gasteiger partial charge in [-0.25, -0.2) is 0 Å². The van der Waals surface area contributed by atoms with Crippen molar-refractivity contribution in [2.24, 2.45) is 0 Å². The lowest BCUT2D eigenvalue weighted by molar-refractivity contribution is -0.384. The third kappa shape index (κ3) is 3.38. The first-order valence-corrected chi connectivity index (χ1v) is 6.77. The van der Waals surface area contributed by atoms with Gasteiger partial charge in [-0.1, -0.05) is 0 Å². The zero-order valence-electron chi connectivity index (χ0n) is 10.3. The predicted molar refractivity (Wildman–Crippen MR) is 79.0 cm³/mol. The molecule has 2 aromatic rings. The van der Waals surface area contributed by atoms with Gasteiger partial charge in [-0.2, -0.15) is 0 Å². The Bertz CT molecular complexity index is 599. The predicted octanol–water partition coefficient (Wildman–Crippen LogP) is 3.64. The smallest absolute Gasteiger partial charge is 0.273 e. The minimum absolute atomic E-state index is 0.0248. The first kappa shape index (κ1) is 13.2. The Kier molecular flexibility index (Phi) is 3.91. The summed E-state index contributed by atoms with van der Waals surface area (Å²) >= 11 is 1.66. The van der Waals surface area contributed by atoms with Gasteiger partial charge in [0.05, 0.1) is 4.92 Å². The van der Waals surface area contributed by atoms with Gasteiger partial charge in [-0.15, -0.1) is 11.8 Å². The van der Waals surface area contributed by atoms with Crippen molar-refractivity contribution in [3.05, 3.63) is 52.6 Å². The van der Waals surface area contributed by atoms with Crippen LogP contribution in [0.2, 0.25) is 0 Å². The number of hydrogen-bond donors (Lipinski definition) is 2. The second-order valence-electron chi connectivity index (χ2n) is 3.92. The van der Waals surface area contributed by atoms with Gasteiger partial charge in [-0.3, -0.25) is 10.1 Å². The van der Waals surface area contributed by atoms with Crippen molar-refractivity contribution in [2.45, 2.75) is 4.90 Å². The summed E-state index contributed by atoms with van der Waals surface area (Å²) in [7, 11) is 0. The molecule has 5 nitrogen and oxygen atoms in total. The molecule has 0 bridgehead atoms. The van der Waals surface area contributed by atoms with E-state index in [-0.39, 0.29) is 5.69 Å². The summed E-state index contributed by atoms with van der Waals surface area (Å²) in [5, 5.41) is 13.9. The number of nitrogens with two attached hydrogens (primary N) is 1. The fraction of sp³-hybridized carbons (Fsp3) is 0.0769. The van der Waals surface area contributed by atoms with Gasteiger partial charge >= 0.3 is 0 Å². The molecule has 6 heteroatoms. The van der Waals surface area contributed by atoms with Crippen LogP contribution in [0.15, 0.2) is 47.4 Å². The molecule has 0 aliphatic heterocycles. The number of rotatable bonds is 4. The van der Waals surface area contributed by atoms with Crippen molar-refractivity contribution in [3.63, 3.8) is 0 Å². The minimum Gasteiger partial charge on any atom is -0.398 e. The number of nitro groups is 1. The van der Waals surface area contributed by atoms with E-state index in [1.807, 2.05) is 30.5 Å². The molecular weight excluding hydrogens is 262 g/mol. The molecule has 0 fully saturated rings. The number of anilines is 3. The molecule has 0 spiro atoms. The zero-order valence-corrected chi connectivity index (χ0v) is 11.1. The summed E-state index contributed by atoms with van der Waals surface area (Å²) in [6.07, 6.45) is 2.00. The Morgan fingerprint density at radius 1 is 1.16 bits per heavy atom. The van der Waals surface area contributed by atoms with E-state index < -0.39 is 4.92 Å². The van der Waals surface area contributed by atoms with E-state index in [9.17, 15) is 10.1 Å². The molecule has 0 amide bonds. The molecule has 0 saturated carbocycles. The van der Waals surface area contributed by atoms with Crippen LogP contribution in [0.3, 0.4) is 0 Å². The maximum Gasteiger partial charge on any atom is 0.273 e. The van der Waals surface area contributed by atoms with Crippen LogP contribution in [0.4, 0.5) is 22.7 Å². The van der Waals surface area contributed by atoms with E-state index in [1.54, 1.807) is 17.8 Å². The summed E-state index contributed by atoms with van der Waals surface area (Å²) < 4.78 is 0. The number of nitrogens with one attached hydrogen (secondary N) is 1. The average Bonchev–Trinajstić information content (AvgIpc) is 2.39. The molecular formula is C13H13N3O2S. The minimum atomic E-state index is -0.460. The van der Waals surface area contributed by atoms with Gasteiger partial charge in [0.2, 0.25) is 0 Å². The number of hydrogen-bond acceptors (Lipinski definition) is 5. The summed E-state index contributed by atoms with van der Waals surface area (Å²) in [6, 6.07) is 12.2. The van der Waals surface area contributed by atoms with Crippen LogP contribution in [-0.2, 0) is 0 Å². The fourth-order valence-corrected chi connectivity index (χ4v) is 2.06. The van der Waals surface area contributed by atoms with Crippen LogP contribution in [0.1, 0.15) is 0 Å². The second kappa shape index (κ2) is 5.62. The van der Waals surface area contributed by atoms with Gasteiger partial charge in [0.25, 0.3) is 5.69 Å². The molecule has 19 heavy (non-hydrogen) atoms. The average molecular weight is 275 g/mol. The number of nitro benzene ring substituents is 1. The lowest BCUT2D eigenvalue weighted by Crippen LogP contribution is -1.96. The Balaban J connectivity index is 2.24. The summed E-state index contributed by atoms with van der Waals surface area (Å²) in [5.74, 6) is 0. The molecule has 98 valence electrons. The van der Waals surface area contributed by atoms with E-state index in [4.69, 9.17) is 5.73 Å². The second-order valence-corrected chi connectivity index (χ2v) is 4.80. The van der Waals surface area contributed by atoms with E-state index >= 15 is 0 Å². The molecule has 0 saturated heterocycles. The van der Waals surface area contributed by atoms with Crippen LogP contribution < -0.4 is 11.1 Å². The number of non-ortho nitro benzene ring substituents is 1. The Hall–Kier alpha value is -2.21. The molecule has 2 rings (SSSR count). The molecule has 0 aromatic heterocycles. The molecule has 2 aromatic carbocycles. The third-order valence-electron chi connectivity index (χ3n) is 2.53. The van der Waals surface area contributed by atoms with Gasteiger partial charge < -0.3 is 11.1 Å². The zero-order chi connectivity index (χ0) is 13.8. The van der Waals surface area contributed by atoms with Crippen molar-refractivity contribution in [3.8, 4) is 0 Å². The number of benzene rings is 2. The van der Waals surface area contributed by atoms with Crippen LogP contribution in [0, 0.1) is 10.1 Å². The molecule has 0 radical (unpaired) electrons. The lowest BCUT2D eigenvalue weighted by Gasteiger charge is -2.08. The fourth-order valence-electron chi connectivity index (χ4n) is 1.65. The van der Waals surface area contributed by atoms with Crippen LogP contribution in [-0.4, -0.2) is 11.2 Å². The van der Waals surface area contributed by atoms with Crippen molar-refractivity contribution in [1.82, 2.24) is 0 Å². The standard InChI is InChI=1S/C13H13N3O2S/c1-19-13-4-2-10(3-5-13)15-11-6-9(14)7-12(8-11)16(17)18/h2-8,15H,14H2,1H3. The van der Waals surface area contributed by atoms with E-state index in [2.05, 4.69) is 5.32 Å². The summed E-state index contributed by atoms with van der Waals surface area (Å²) in [5.41, 5.74) is 7.44. The number of nitrogen functional groups attached to an aromatic ring is 1. The van der Waals surface area contributed by atoms with Gasteiger partial charge in [0, 0.05) is 34.1 Å². The van der Waals surface area contributed by atoms with Crippen molar-refractivity contribution >= 4 is 34.5 Å². The van der Waals surface area contributed by atoms with Crippen molar-refractivity contribution in [2.75, 3.05) is 17.3 Å². The van der Waals surface area contributed by atoms with Crippen LogP contribution >= 0.6 is 11.8 Å². The highest BCUT2D eigenvalue weighted by atomic mass is 32.2. The quantitative estimate of drug-likeness (QED) is 0.385. The first-order valence-electron chi connectivity index (χ1n) is 5.54. The van der Waals surface area contributed by atoms with E-state index in [1.165, 1.54) is 12.1 Å². The van der Waals surface area contributed by atoms with Crippen molar-refractivity contribution < 1.29 is 4.92 Å². The highest BCUT2D eigenvalue weighted by molar-refractivity contribution is 7.98. The van der Waals surface area contributed by atoms with Crippen LogP contribution in [0.25, 0.3) is 0 Å². The molecule has 0 aliphatic rings. The van der Waals surface area contributed by atoms with Crippen LogP contribution in [0.5, 0.6) is 0 Å². The first-order chi connectivity index (χ1) is 9.08. The molecule has 0 aliphatic carbocycles. The highest BCUT2D eigenvalue weighted by Gasteiger charge is 2.08. The Morgan fingerprint density at radius 3 is 2.42 bits per heavy atom. The lowest BCUT2D eigenvalue weighted by atomic mass is 10.2. The maximum absolute atomic E-state index is 10.8. The Labute approximate surface area is 115 Å². The third-order valence-corrected chi connectivity index (χ3v) is 3.27. The number of nitrogens with zero attached hydrogens (tertiary/aromatic N) is 1.